The molecule has 33 heavy (non-hydrogen) atoms. The molecule has 8 heteroatoms. The first-order chi connectivity index (χ1) is 15.7. The van der Waals surface area contributed by atoms with Crippen molar-refractivity contribution in [1.82, 2.24) is 0 Å². The molecule has 2 N–H and O–H groups in total. The van der Waals surface area contributed by atoms with Crippen LogP contribution in [-0.2, 0) is 26.7 Å². The highest BCUT2D eigenvalue weighted by Crippen LogP contribution is 2.34. The third kappa shape index (κ3) is 9.00. The van der Waals surface area contributed by atoms with Crippen LogP contribution < -0.4 is 0 Å². The maximum atomic E-state index is 12.1. The molecule has 0 aliphatic rings. The van der Waals surface area contributed by atoms with E-state index in [4.69, 9.17) is 0 Å². The summed E-state index contributed by atoms with van der Waals surface area (Å²) in [6.45, 7) is 2.23. The Hall–Kier alpha value is -1.48. The lowest BCUT2D eigenvalue weighted by Crippen LogP contribution is -2.12. The quantitative estimate of drug-likeness (QED) is 0.191. The van der Waals surface area contributed by atoms with Crippen LogP contribution in [-0.4, -0.2) is 25.9 Å². The van der Waals surface area contributed by atoms with E-state index in [2.05, 4.69) is 6.92 Å². The molecule has 0 saturated carbocycles. The fourth-order valence-corrected chi connectivity index (χ4v) is 6.71. The van der Waals surface area contributed by atoms with E-state index >= 15 is 0 Å². The second kappa shape index (κ2) is 13.4. The smallest absolute Gasteiger partial charge is 0.282 e. The van der Waals surface area contributed by atoms with Crippen LogP contribution in [0.15, 0.2) is 40.1 Å². The number of aryl methyl sites for hydroxylation is 1. The fraction of sp³-hybridized carbons (Fsp3) is 0.600. The lowest BCUT2D eigenvalue weighted by molar-refractivity contribution is 0.466. The first-order valence-electron chi connectivity index (χ1n) is 12.2. The van der Waals surface area contributed by atoms with Gasteiger partial charge in [0.05, 0.1) is 0 Å². The van der Waals surface area contributed by atoms with Crippen molar-refractivity contribution in [3.63, 3.8) is 0 Å². The van der Waals surface area contributed by atoms with Crippen molar-refractivity contribution in [2.45, 2.75) is 107 Å². The van der Waals surface area contributed by atoms with Crippen molar-refractivity contribution < 1.29 is 25.9 Å². The molecule has 0 bridgehead atoms. The molecule has 0 unspecified atom stereocenters. The number of unbranched alkanes of at least 4 members (excludes halogenated alkanes) is 12. The normalized spacial score (nSPS) is 12.5. The summed E-state index contributed by atoms with van der Waals surface area (Å²) in [6.07, 6.45) is 15.6. The van der Waals surface area contributed by atoms with Crippen LogP contribution in [0.4, 0.5) is 0 Å². The maximum Gasteiger partial charge on any atom is 0.296 e. The SMILES string of the molecule is CCCCCCCCCCCCCCCc1cc2ccccc2c(S(=O)(=O)O)c1S(=O)(=O)O. The topological polar surface area (TPSA) is 109 Å². The summed E-state index contributed by atoms with van der Waals surface area (Å²) in [4.78, 5) is -1.45. The second-order valence-electron chi connectivity index (χ2n) is 8.86. The molecule has 0 heterocycles. The predicted octanol–water partition coefficient (Wildman–Crippen LogP) is 6.97. The van der Waals surface area contributed by atoms with E-state index in [-0.39, 0.29) is 10.9 Å². The minimum atomic E-state index is -4.86. The Morgan fingerprint density at radius 3 is 1.58 bits per heavy atom. The van der Waals surface area contributed by atoms with Gasteiger partial charge in [0.2, 0.25) is 0 Å². The molecule has 6 nitrogen and oxygen atoms in total. The van der Waals surface area contributed by atoms with Gasteiger partial charge in [-0.05, 0) is 29.9 Å². The van der Waals surface area contributed by atoms with Gasteiger partial charge in [0.25, 0.3) is 20.2 Å². The lowest BCUT2D eigenvalue weighted by Gasteiger charge is -2.14. The molecule has 0 atom stereocenters. The van der Waals surface area contributed by atoms with Gasteiger partial charge in [-0.2, -0.15) is 16.8 Å². The number of rotatable bonds is 16. The molecule has 0 fully saturated rings. The molecular formula is C25H38O6S2. The summed E-state index contributed by atoms with van der Waals surface area (Å²) < 4.78 is 67.7. The minimum absolute atomic E-state index is 0.0711. The summed E-state index contributed by atoms with van der Waals surface area (Å²) in [6, 6.07) is 7.93. The Morgan fingerprint density at radius 1 is 0.636 bits per heavy atom. The summed E-state index contributed by atoms with van der Waals surface area (Å²) >= 11 is 0. The van der Waals surface area contributed by atoms with Crippen LogP contribution in [0.3, 0.4) is 0 Å². The molecular weight excluding hydrogens is 460 g/mol. The van der Waals surface area contributed by atoms with E-state index in [0.29, 0.717) is 18.2 Å². The third-order valence-electron chi connectivity index (χ3n) is 6.10. The van der Waals surface area contributed by atoms with E-state index in [1.54, 1.807) is 24.3 Å². The van der Waals surface area contributed by atoms with Gasteiger partial charge in [-0.15, -0.1) is 0 Å². The van der Waals surface area contributed by atoms with Gasteiger partial charge in [0.15, 0.2) is 0 Å². The number of hydrogen-bond acceptors (Lipinski definition) is 4. The minimum Gasteiger partial charge on any atom is -0.282 e. The average molecular weight is 499 g/mol. The van der Waals surface area contributed by atoms with E-state index in [0.717, 1.165) is 19.3 Å². The summed E-state index contributed by atoms with van der Waals surface area (Å²) in [5.41, 5.74) is 0.215. The number of hydrogen-bond donors (Lipinski definition) is 2. The lowest BCUT2D eigenvalue weighted by atomic mass is 10.0. The third-order valence-corrected chi connectivity index (χ3v) is 8.15. The van der Waals surface area contributed by atoms with Gasteiger partial charge in [-0.25, -0.2) is 0 Å². The van der Waals surface area contributed by atoms with Crippen molar-refractivity contribution in [3.05, 3.63) is 35.9 Å². The van der Waals surface area contributed by atoms with Gasteiger partial charge in [-0.1, -0.05) is 108 Å². The first kappa shape index (κ1) is 27.8. The van der Waals surface area contributed by atoms with E-state index < -0.39 is 30.0 Å². The summed E-state index contributed by atoms with van der Waals surface area (Å²) in [7, 11) is -9.71. The van der Waals surface area contributed by atoms with Crippen LogP contribution in [0, 0.1) is 0 Å². The Morgan fingerprint density at radius 2 is 1.09 bits per heavy atom. The monoisotopic (exact) mass is 498 g/mol. The number of fused-ring (bicyclic) bond motifs is 1. The fourth-order valence-electron chi connectivity index (χ4n) is 4.41. The number of benzene rings is 2. The molecule has 2 aromatic carbocycles. The van der Waals surface area contributed by atoms with Gasteiger partial charge in [-0.3, -0.25) is 9.11 Å². The van der Waals surface area contributed by atoms with Gasteiger partial charge < -0.3 is 0 Å². The van der Waals surface area contributed by atoms with Crippen LogP contribution in [0.1, 0.15) is 96.0 Å². The molecule has 2 aromatic rings. The van der Waals surface area contributed by atoms with Crippen LogP contribution >= 0.6 is 0 Å². The van der Waals surface area contributed by atoms with Crippen LogP contribution in [0.2, 0.25) is 0 Å². The van der Waals surface area contributed by atoms with Gasteiger partial charge >= 0.3 is 0 Å². The van der Waals surface area contributed by atoms with E-state index in [9.17, 15) is 25.9 Å². The highest BCUT2D eigenvalue weighted by Gasteiger charge is 2.29. The van der Waals surface area contributed by atoms with Gasteiger partial charge in [0.1, 0.15) is 9.79 Å². The zero-order chi connectivity index (χ0) is 24.3. The van der Waals surface area contributed by atoms with E-state index in [1.807, 2.05) is 0 Å². The molecule has 0 amide bonds. The standard InChI is InChI=1S/C25H38O6S2/c1-2-3-4-5-6-7-8-9-10-11-12-13-14-18-22-20-21-17-15-16-19-23(21)25(33(29,30)31)24(22)32(26,27)28/h15-17,19-20H,2-14,18H2,1H3,(H,26,27,28)(H,29,30,31). The molecule has 0 aliphatic heterocycles. The largest absolute Gasteiger partial charge is 0.296 e. The molecule has 0 aliphatic carbocycles. The van der Waals surface area contributed by atoms with Gasteiger partial charge in [0, 0.05) is 5.39 Å². The Balaban J connectivity index is 1.91. The summed E-state index contributed by atoms with van der Waals surface area (Å²) in [5, 5.41) is 0.573. The zero-order valence-corrected chi connectivity index (χ0v) is 21.3. The van der Waals surface area contributed by atoms with Crippen LogP contribution in [0.5, 0.6) is 0 Å². The molecule has 0 spiro atoms. The highest BCUT2D eigenvalue weighted by atomic mass is 32.2. The van der Waals surface area contributed by atoms with Crippen molar-refractivity contribution >= 4 is 31.0 Å². The predicted molar refractivity (Wildman–Crippen MR) is 133 cm³/mol. The average Bonchev–Trinajstić information content (AvgIpc) is 2.74. The van der Waals surface area contributed by atoms with Crippen molar-refractivity contribution in [1.29, 1.82) is 0 Å². The van der Waals surface area contributed by atoms with Crippen LogP contribution in [0.25, 0.3) is 10.8 Å². The van der Waals surface area contributed by atoms with Crippen molar-refractivity contribution in [3.8, 4) is 0 Å². The zero-order valence-electron chi connectivity index (χ0n) is 19.6. The Kier molecular flexibility index (Phi) is 11.3. The Bertz CT molecular complexity index is 1090. The molecule has 0 aromatic heterocycles. The van der Waals surface area contributed by atoms with E-state index in [1.165, 1.54) is 63.9 Å². The maximum absolute atomic E-state index is 12.1. The van der Waals surface area contributed by atoms with Crippen molar-refractivity contribution in [2.75, 3.05) is 0 Å². The summed E-state index contributed by atoms with van der Waals surface area (Å²) in [5.74, 6) is 0. The molecule has 0 radical (unpaired) electrons. The molecule has 0 saturated heterocycles. The van der Waals surface area contributed by atoms with Crippen molar-refractivity contribution in [2.24, 2.45) is 0 Å². The first-order valence-corrected chi connectivity index (χ1v) is 15.0. The highest BCUT2D eigenvalue weighted by molar-refractivity contribution is 7.89. The second-order valence-corrected chi connectivity index (χ2v) is 11.6. The molecule has 2 rings (SSSR count). The molecule has 186 valence electrons. The Labute approximate surface area is 199 Å².